The van der Waals surface area contributed by atoms with Gasteiger partial charge in [-0.15, -0.1) is 0 Å². The monoisotopic (exact) mass is 248 g/mol. The van der Waals surface area contributed by atoms with E-state index in [1.165, 1.54) is 0 Å². The van der Waals surface area contributed by atoms with Gasteiger partial charge in [-0.05, 0) is 31.0 Å². The van der Waals surface area contributed by atoms with Crippen LogP contribution in [0.15, 0.2) is 21.3 Å². The van der Waals surface area contributed by atoms with Crippen molar-refractivity contribution < 1.29 is 9.15 Å². The van der Waals surface area contributed by atoms with Gasteiger partial charge in [0.2, 0.25) is 0 Å². The van der Waals surface area contributed by atoms with Gasteiger partial charge in [0.25, 0.3) is 0 Å². The average molecular weight is 248 g/mol. The molecule has 2 aromatic rings. The molecule has 0 amide bonds. The molecule has 18 heavy (non-hydrogen) atoms. The minimum atomic E-state index is -0.424. The first kappa shape index (κ1) is 12.4. The zero-order valence-electron chi connectivity index (χ0n) is 10.5. The number of rotatable bonds is 4. The summed E-state index contributed by atoms with van der Waals surface area (Å²) >= 11 is 0. The van der Waals surface area contributed by atoms with E-state index in [9.17, 15) is 4.79 Å². The van der Waals surface area contributed by atoms with Crippen LogP contribution in [0, 0.1) is 0 Å². The maximum Gasteiger partial charge on any atom is 0.397 e. The fourth-order valence-corrected chi connectivity index (χ4v) is 1.94. The number of nitrogens with zero attached hydrogens (tertiary/aromatic N) is 1. The predicted octanol–water partition coefficient (Wildman–Crippen LogP) is 2.12. The van der Waals surface area contributed by atoms with Crippen LogP contribution in [0.1, 0.15) is 25.8 Å². The summed E-state index contributed by atoms with van der Waals surface area (Å²) in [6.45, 7) is 4.23. The molecular formula is C13H16N2O3. The van der Waals surface area contributed by atoms with E-state index < -0.39 is 5.63 Å². The lowest BCUT2D eigenvalue weighted by molar-refractivity contribution is 0.229. The molecule has 1 aromatic carbocycles. The van der Waals surface area contributed by atoms with Crippen molar-refractivity contribution in [1.82, 2.24) is 4.98 Å². The molecule has 0 unspecified atom stereocenters. The van der Waals surface area contributed by atoms with Crippen molar-refractivity contribution in [3.63, 3.8) is 0 Å². The Morgan fingerprint density at radius 1 is 1.39 bits per heavy atom. The van der Waals surface area contributed by atoms with Crippen molar-refractivity contribution in [2.45, 2.75) is 26.7 Å². The Morgan fingerprint density at radius 2 is 2.17 bits per heavy atom. The average Bonchev–Trinajstić information content (AvgIpc) is 2.28. The molecule has 1 aromatic heterocycles. The second-order valence-corrected chi connectivity index (χ2v) is 4.02. The first-order valence-corrected chi connectivity index (χ1v) is 6.01. The second-order valence-electron chi connectivity index (χ2n) is 4.02. The third-order valence-electron chi connectivity index (χ3n) is 2.60. The summed E-state index contributed by atoms with van der Waals surface area (Å²) in [5.41, 5.74) is 7.38. The van der Waals surface area contributed by atoms with Gasteiger partial charge in [-0.3, -0.25) is 0 Å². The number of nitrogens with two attached hydrogens (primary N) is 1. The van der Waals surface area contributed by atoms with Crippen molar-refractivity contribution in [2.75, 3.05) is 12.3 Å². The Hall–Kier alpha value is -2.04. The second kappa shape index (κ2) is 5.08. The lowest BCUT2D eigenvalue weighted by atomic mass is 10.0. The fraction of sp³-hybridized carbons (Fsp3) is 0.385. The molecule has 0 aliphatic rings. The van der Waals surface area contributed by atoms with E-state index in [0.29, 0.717) is 23.2 Å². The summed E-state index contributed by atoms with van der Waals surface area (Å²) in [6, 6.07) is 3.46. The summed E-state index contributed by atoms with van der Waals surface area (Å²) in [5.74, 6) is 0. The molecule has 0 saturated carbocycles. The van der Waals surface area contributed by atoms with Crippen molar-refractivity contribution >= 4 is 16.6 Å². The van der Waals surface area contributed by atoms with Crippen LogP contribution in [0.4, 0.5) is 5.69 Å². The van der Waals surface area contributed by atoms with Gasteiger partial charge in [0, 0.05) is 5.69 Å². The Bertz CT molecular complexity index is 619. The van der Waals surface area contributed by atoms with Crippen LogP contribution in [0.3, 0.4) is 0 Å². The van der Waals surface area contributed by atoms with Crippen molar-refractivity contribution in [3.05, 3.63) is 28.1 Å². The highest BCUT2D eigenvalue weighted by molar-refractivity contribution is 5.84. The molecule has 0 fully saturated rings. The normalized spacial score (nSPS) is 10.8. The highest BCUT2D eigenvalue weighted by atomic mass is 16.6. The van der Waals surface area contributed by atoms with E-state index >= 15 is 0 Å². The van der Waals surface area contributed by atoms with Gasteiger partial charge < -0.3 is 14.9 Å². The van der Waals surface area contributed by atoms with Crippen LogP contribution in [-0.2, 0) is 6.42 Å². The smallest absolute Gasteiger partial charge is 0.397 e. The summed E-state index contributed by atoms with van der Waals surface area (Å²) in [4.78, 5) is 16.1. The lowest BCUT2D eigenvalue weighted by Crippen LogP contribution is -2.08. The summed E-state index contributed by atoms with van der Waals surface area (Å²) in [7, 11) is 0. The lowest BCUT2D eigenvalue weighted by Gasteiger charge is -2.06. The van der Waals surface area contributed by atoms with Crippen LogP contribution < -0.4 is 16.1 Å². The maximum atomic E-state index is 12.0. The molecule has 5 heteroatoms. The van der Waals surface area contributed by atoms with Crippen LogP contribution in [0.2, 0.25) is 0 Å². The molecule has 2 rings (SSSR count). The van der Waals surface area contributed by atoms with Crippen LogP contribution in [0.25, 0.3) is 10.9 Å². The SMILES string of the molecule is CCCc1cc(N)cc2nc(OCC)oc(=O)c12. The number of aromatic nitrogens is 1. The third kappa shape index (κ3) is 2.30. The molecule has 0 saturated heterocycles. The van der Waals surface area contributed by atoms with E-state index in [-0.39, 0.29) is 6.08 Å². The van der Waals surface area contributed by atoms with Gasteiger partial charge in [-0.1, -0.05) is 13.3 Å². The summed E-state index contributed by atoms with van der Waals surface area (Å²) in [6.07, 6.45) is 1.68. The highest BCUT2D eigenvalue weighted by Gasteiger charge is 2.12. The number of hydrogen-bond donors (Lipinski definition) is 1. The number of fused-ring (bicyclic) bond motifs is 1. The quantitative estimate of drug-likeness (QED) is 0.838. The van der Waals surface area contributed by atoms with Gasteiger partial charge in [-0.25, -0.2) is 4.79 Å². The van der Waals surface area contributed by atoms with Gasteiger partial charge >= 0.3 is 11.7 Å². The molecule has 0 radical (unpaired) electrons. The molecule has 5 nitrogen and oxygen atoms in total. The topological polar surface area (TPSA) is 78.3 Å². The van der Waals surface area contributed by atoms with E-state index in [1.54, 1.807) is 19.1 Å². The van der Waals surface area contributed by atoms with Gasteiger partial charge in [0.15, 0.2) is 0 Å². The number of anilines is 1. The predicted molar refractivity (Wildman–Crippen MR) is 69.9 cm³/mol. The van der Waals surface area contributed by atoms with E-state index in [4.69, 9.17) is 14.9 Å². The van der Waals surface area contributed by atoms with E-state index in [0.717, 1.165) is 18.4 Å². The van der Waals surface area contributed by atoms with Crippen molar-refractivity contribution in [1.29, 1.82) is 0 Å². The van der Waals surface area contributed by atoms with Crippen molar-refractivity contribution in [2.24, 2.45) is 0 Å². The number of hydrogen-bond acceptors (Lipinski definition) is 5. The molecule has 0 bridgehead atoms. The highest BCUT2D eigenvalue weighted by Crippen LogP contribution is 2.21. The fourth-order valence-electron chi connectivity index (χ4n) is 1.94. The Balaban J connectivity index is 2.70. The van der Waals surface area contributed by atoms with Gasteiger partial charge in [0.05, 0.1) is 17.5 Å². The molecule has 1 heterocycles. The minimum Gasteiger partial charge on any atom is -0.450 e. The van der Waals surface area contributed by atoms with Crippen LogP contribution in [0.5, 0.6) is 6.08 Å². The third-order valence-corrected chi connectivity index (χ3v) is 2.60. The van der Waals surface area contributed by atoms with Crippen LogP contribution >= 0.6 is 0 Å². The van der Waals surface area contributed by atoms with Crippen LogP contribution in [-0.4, -0.2) is 11.6 Å². The molecule has 0 atom stereocenters. The van der Waals surface area contributed by atoms with Gasteiger partial charge in [0.1, 0.15) is 0 Å². The number of aryl methyl sites for hydroxylation is 1. The van der Waals surface area contributed by atoms with Gasteiger partial charge in [-0.2, -0.15) is 4.98 Å². The van der Waals surface area contributed by atoms with E-state index in [1.807, 2.05) is 6.92 Å². The zero-order valence-corrected chi connectivity index (χ0v) is 10.5. The first-order valence-electron chi connectivity index (χ1n) is 6.01. The molecule has 0 aliphatic heterocycles. The Kier molecular flexibility index (Phi) is 3.50. The zero-order chi connectivity index (χ0) is 13.1. The molecule has 0 spiro atoms. The Labute approximate surface area is 105 Å². The number of benzene rings is 1. The largest absolute Gasteiger partial charge is 0.450 e. The summed E-state index contributed by atoms with van der Waals surface area (Å²) < 4.78 is 10.1. The first-order chi connectivity index (χ1) is 8.65. The molecule has 0 aliphatic carbocycles. The molecular weight excluding hydrogens is 232 g/mol. The number of ether oxygens (including phenoxy) is 1. The summed E-state index contributed by atoms with van der Waals surface area (Å²) in [5, 5.41) is 0.495. The minimum absolute atomic E-state index is 0.0111. The Morgan fingerprint density at radius 3 is 2.83 bits per heavy atom. The van der Waals surface area contributed by atoms with Crippen molar-refractivity contribution in [3.8, 4) is 6.08 Å². The maximum absolute atomic E-state index is 12.0. The standard InChI is InChI=1S/C13H16N2O3/c1-3-5-8-6-9(14)7-10-11(8)12(16)18-13(15-10)17-4-2/h6-7H,3-5,14H2,1-2H3. The molecule has 96 valence electrons. The molecule has 2 N–H and O–H groups in total. The van der Waals surface area contributed by atoms with E-state index in [2.05, 4.69) is 4.98 Å². The number of nitrogen functional groups attached to an aromatic ring is 1.